The van der Waals surface area contributed by atoms with Crippen LogP contribution in [0.2, 0.25) is 0 Å². The van der Waals surface area contributed by atoms with Crippen molar-refractivity contribution in [3.63, 3.8) is 0 Å². The van der Waals surface area contributed by atoms with Crippen molar-refractivity contribution in [2.45, 2.75) is 70.8 Å². The predicted molar refractivity (Wildman–Crippen MR) is 78.8 cm³/mol. The molecule has 0 aromatic heterocycles. The fourth-order valence-corrected chi connectivity index (χ4v) is 4.10. The highest BCUT2D eigenvalue weighted by atomic mass is 79.9. The van der Waals surface area contributed by atoms with E-state index in [1.807, 2.05) is 0 Å². The van der Waals surface area contributed by atoms with E-state index >= 15 is 0 Å². The summed E-state index contributed by atoms with van der Waals surface area (Å²) in [6.07, 6.45) is 13.0. The summed E-state index contributed by atoms with van der Waals surface area (Å²) in [4.78, 5) is 2.80. The fraction of sp³-hybridized carbons (Fsp3) is 1.00. The van der Waals surface area contributed by atoms with Gasteiger partial charge in [-0.05, 0) is 44.1 Å². The second-order valence-corrected chi connectivity index (χ2v) is 6.81. The van der Waals surface area contributed by atoms with E-state index in [1.165, 1.54) is 76.2 Å². The molecule has 0 bridgehead atoms. The topological polar surface area (TPSA) is 3.24 Å². The van der Waals surface area contributed by atoms with Crippen molar-refractivity contribution in [1.29, 1.82) is 0 Å². The SMILES string of the molecule is CCCN(CC1(CBr)CCCCCC1)C1CC1. The highest BCUT2D eigenvalue weighted by Crippen LogP contribution is 2.40. The Bertz CT molecular complexity index is 217. The first kappa shape index (κ1) is 13.9. The summed E-state index contributed by atoms with van der Waals surface area (Å²) < 4.78 is 0. The molecule has 0 aromatic rings. The van der Waals surface area contributed by atoms with Crippen LogP contribution in [-0.4, -0.2) is 29.4 Å². The standard InChI is InChI=1S/C15H28BrN/c1-2-11-17(14-7-8-14)13-15(12-16)9-5-3-4-6-10-15/h14H,2-13H2,1H3. The van der Waals surface area contributed by atoms with Gasteiger partial charge in [-0.15, -0.1) is 0 Å². The normalized spacial score (nSPS) is 24.9. The molecular weight excluding hydrogens is 274 g/mol. The Kier molecular flexibility index (Phi) is 5.35. The third-order valence-electron chi connectivity index (χ3n) is 4.56. The third-order valence-corrected chi connectivity index (χ3v) is 5.75. The summed E-state index contributed by atoms with van der Waals surface area (Å²) >= 11 is 3.83. The largest absolute Gasteiger partial charge is 0.300 e. The second kappa shape index (κ2) is 6.56. The van der Waals surface area contributed by atoms with Gasteiger partial charge in [0.2, 0.25) is 0 Å². The number of nitrogens with zero attached hydrogens (tertiary/aromatic N) is 1. The van der Waals surface area contributed by atoms with Crippen LogP contribution in [0.5, 0.6) is 0 Å². The molecular formula is C15H28BrN. The quantitative estimate of drug-likeness (QED) is 0.512. The number of halogens is 1. The maximum Gasteiger partial charge on any atom is 0.0100 e. The maximum absolute atomic E-state index is 3.83. The van der Waals surface area contributed by atoms with Crippen LogP contribution in [0.15, 0.2) is 0 Å². The van der Waals surface area contributed by atoms with Crippen molar-refractivity contribution >= 4 is 15.9 Å². The summed E-state index contributed by atoms with van der Waals surface area (Å²) in [5, 5.41) is 1.22. The lowest BCUT2D eigenvalue weighted by Gasteiger charge is -2.37. The number of hydrogen-bond acceptors (Lipinski definition) is 1. The van der Waals surface area contributed by atoms with Crippen LogP contribution >= 0.6 is 15.9 Å². The van der Waals surface area contributed by atoms with Crippen molar-refractivity contribution in [1.82, 2.24) is 4.90 Å². The molecule has 0 aromatic carbocycles. The molecule has 0 saturated heterocycles. The lowest BCUT2D eigenvalue weighted by Crippen LogP contribution is -2.40. The Hall–Kier alpha value is 0.440. The minimum atomic E-state index is 0.592. The molecule has 0 N–H and O–H groups in total. The summed E-state index contributed by atoms with van der Waals surface area (Å²) in [5.41, 5.74) is 0.592. The summed E-state index contributed by atoms with van der Waals surface area (Å²) in [7, 11) is 0. The lowest BCUT2D eigenvalue weighted by atomic mass is 9.82. The van der Waals surface area contributed by atoms with Gasteiger partial charge in [0.05, 0.1) is 0 Å². The van der Waals surface area contributed by atoms with E-state index in [9.17, 15) is 0 Å². The number of rotatable bonds is 6. The Labute approximate surface area is 115 Å². The van der Waals surface area contributed by atoms with E-state index in [0.29, 0.717) is 5.41 Å². The smallest absolute Gasteiger partial charge is 0.0100 e. The fourth-order valence-electron chi connectivity index (χ4n) is 3.36. The molecule has 17 heavy (non-hydrogen) atoms. The number of hydrogen-bond donors (Lipinski definition) is 0. The van der Waals surface area contributed by atoms with Crippen molar-refractivity contribution < 1.29 is 0 Å². The van der Waals surface area contributed by atoms with Gasteiger partial charge in [-0.3, -0.25) is 4.90 Å². The first-order valence-corrected chi connectivity index (χ1v) is 8.72. The zero-order chi connectivity index (χ0) is 12.1. The van der Waals surface area contributed by atoms with Gasteiger partial charge in [-0.2, -0.15) is 0 Å². The average molecular weight is 302 g/mol. The van der Waals surface area contributed by atoms with E-state index < -0.39 is 0 Å². The van der Waals surface area contributed by atoms with Crippen molar-refractivity contribution in [3.05, 3.63) is 0 Å². The predicted octanol–water partition coefficient (Wildman–Crippen LogP) is 4.60. The maximum atomic E-state index is 3.83. The minimum Gasteiger partial charge on any atom is -0.300 e. The summed E-state index contributed by atoms with van der Waals surface area (Å²) in [5.74, 6) is 0. The van der Waals surface area contributed by atoms with Crippen LogP contribution in [0.3, 0.4) is 0 Å². The molecule has 100 valence electrons. The lowest BCUT2D eigenvalue weighted by molar-refractivity contribution is 0.144. The average Bonchev–Trinajstić information content (AvgIpc) is 3.16. The number of alkyl halides is 1. The first-order valence-electron chi connectivity index (χ1n) is 7.60. The van der Waals surface area contributed by atoms with E-state index in [-0.39, 0.29) is 0 Å². The Morgan fingerprint density at radius 3 is 2.24 bits per heavy atom. The molecule has 1 nitrogen and oxygen atoms in total. The van der Waals surface area contributed by atoms with Gasteiger partial charge in [0, 0.05) is 17.9 Å². The van der Waals surface area contributed by atoms with Gasteiger partial charge in [0.15, 0.2) is 0 Å². The van der Waals surface area contributed by atoms with Gasteiger partial charge in [0.25, 0.3) is 0 Å². The molecule has 2 heteroatoms. The van der Waals surface area contributed by atoms with Crippen LogP contribution in [0.4, 0.5) is 0 Å². The summed E-state index contributed by atoms with van der Waals surface area (Å²) in [6, 6.07) is 0.939. The Morgan fingerprint density at radius 2 is 1.76 bits per heavy atom. The zero-order valence-electron chi connectivity index (χ0n) is 11.4. The van der Waals surface area contributed by atoms with Crippen molar-refractivity contribution in [3.8, 4) is 0 Å². The molecule has 0 atom stereocenters. The van der Waals surface area contributed by atoms with Crippen LogP contribution in [-0.2, 0) is 0 Å². The van der Waals surface area contributed by atoms with Crippen LogP contribution in [0.1, 0.15) is 64.7 Å². The van der Waals surface area contributed by atoms with Crippen LogP contribution in [0.25, 0.3) is 0 Å². The molecule has 0 radical (unpaired) electrons. The van der Waals surface area contributed by atoms with Crippen molar-refractivity contribution in [2.24, 2.45) is 5.41 Å². The van der Waals surface area contributed by atoms with Crippen LogP contribution in [0, 0.1) is 5.41 Å². The molecule has 2 saturated carbocycles. The first-order chi connectivity index (χ1) is 8.29. The second-order valence-electron chi connectivity index (χ2n) is 6.25. The molecule has 2 aliphatic rings. The summed E-state index contributed by atoms with van der Waals surface area (Å²) in [6.45, 7) is 5.00. The van der Waals surface area contributed by atoms with Gasteiger partial charge in [-0.1, -0.05) is 48.5 Å². The highest BCUT2D eigenvalue weighted by Gasteiger charge is 2.36. The highest BCUT2D eigenvalue weighted by molar-refractivity contribution is 9.09. The zero-order valence-corrected chi connectivity index (χ0v) is 13.0. The molecule has 0 amide bonds. The van der Waals surface area contributed by atoms with Gasteiger partial charge in [0.1, 0.15) is 0 Å². The molecule has 0 aliphatic heterocycles. The van der Waals surface area contributed by atoms with E-state index in [1.54, 1.807) is 0 Å². The van der Waals surface area contributed by atoms with Gasteiger partial charge in [-0.25, -0.2) is 0 Å². The molecule has 0 unspecified atom stereocenters. The third kappa shape index (κ3) is 3.96. The Balaban J connectivity index is 1.94. The molecule has 2 aliphatic carbocycles. The molecule has 2 fully saturated rings. The van der Waals surface area contributed by atoms with E-state index in [0.717, 1.165) is 6.04 Å². The monoisotopic (exact) mass is 301 g/mol. The molecule has 0 spiro atoms. The van der Waals surface area contributed by atoms with Crippen molar-refractivity contribution in [2.75, 3.05) is 18.4 Å². The van der Waals surface area contributed by atoms with Gasteiger partial charge >= 0.3 is 0 Å². The van der Waals surface area contributed by atoms with Crippen LogP contribution < -0.4 is 0 Å². The Morgan fingerprint density at radius 1 is 1.12 bits per heavy atom. The van der Waals surface area contributed by atoms with Gasteiger partial charge < -0.3 is 0 Å². The molecule has 0 heterocycles. The van der Waals surface area contributed by atoms with E-state index in [2.05, 4.69) is 27.8 Å². The molecule has 2 rings (SSSR count). The minimum absolute atomic E-state index is 0.592. The van der Waals surface area contributed by atoms with E-state index in [4.69, 9.17) is 0 Å².